The van der Waals surface area contributed by atoms with Gasteiger partial charge in [-0.1, -0.05) is 17.7 Å². The van der Waals surface area contributed by atoms with Crippen LogP contribution in [0.3, 0.4) is 0 Å². The number of rotatable bonds is 9. The molecule has 6 nitrogen and oxygen atoms in total. The number of nitrogens with one attached hydrogen (secondary N) is 2. The van der Waals surface area contributed by atoms with Crippen molar-refractivity contribution in [1.82, 2.24) is 10.0 Å². The summed E-state index contributed by atoms with van der Waals surface area (Å²) in [6.45, 7) is 3.94. The largest absolute Gasteiger partial charge is 0.496 e. The van der Waals surface area contributed by atoms with Crippen molar-refractivity contribution in [3.63, 3.8) is 0 Å². The summed E-state index contributed by atoms with van der Waals surface area (Å²) in [6, 6.07) is 10.1. The highest BCUT2D eigenvalue weighted by Gasteiger charge is 2.16. The van der Waals surface area contributed by atoms with E-state index in [4.69, 9.17) is 4.74 Å². The summed E-state index contributed by atoms with van der Waals surface area (Å²) in [5, 5.41) is 2.90. The maximum absolute atomic E-state index is 12.9. The summed E-state index contributed by atoms with van der Waals surface area (Å²) in [6.07, 6.45) is 0.508. The van der Waals surface area contributed by atoms with Gasteiger partial charge in [0.15, 0.2) is 0 Å². The Morgan fingerprint density at radius 1 is 1.18 bits per heavy atom. The van der Waals surface area contributed by atoms with Crippen molar-refractivity contribution in [1.29, 1.82) is 0 Å². The van der Waals surface area contributed by atoms with Crippen molar-refractivity contribution in [2.24, 2.45) is 0 Å². The molecule has 2 aromatic carbocycles. The first-order valence-electron chi connectivity index (χ1n) is 8.92. The molecule has 0 spiro atoms. The van der Waals surface area contributed by atoms with E-state index in [1.54, 1.807) is 7.11 Å². The molecule has 0 bridgehead atoms. The van der Waals surface area contributed by atoms with Crippen molar-refractivity contribution in [2.75, 3.05) is 13.7 Å². The van der Waals surface area contributed by atoms with E-state index in [2.05, 4.69) is 10.0 Å². The Bertz CT molecular complexity index is 914. The number of methoxy groups -OCH3 is 1. The quantitative estimate of drug-likeness (QED) is 0.625. The highest BCUT2D eigenvalue weighted by Crippen LogP contribution is 2.26. The first-order valence-corrected chi connectivity index (χ1v) is 10.4. The van der Waals surface area contributed by atoms with E-state index in [0.29, 0.717) is 12.2 Å². The minimum atomic E-state index is -3.72. The highest BCUT2D eigenvalue weighted by molar-refractivity contribution is 7.89. The Morgan fingerprint density at radius 3 is 2.50 bits per heavy atom. The molecule has 0 unspecified atom stereocenters. The predicted molar refractivity (Wildman–Crippen MR) is 105 cm³/mol. The number of carbonyl (C=O) groups excluding carboxylic acids is 1. The van der Waals surface area contributed by atoms with Gasteiger partial charge in [0.2, 0.25) is 15.9 Å². The van der Waals surface area contributed by atoms with Crippen molar-refractivity contribution in [2.45, 2.75) is 37.6 Å². The number of amides is 1. The smallest absolute Gasteiger partial charge is 0.240 e. The fourth-order valence-electron chi connectivity index (χ4n) is 2.74. The number of benzene rings is 2. The number of carbonyl (C=O) groups is 1. The summed E-state index contributed by atoms with van der Waals surface area (Å²) in [7, 11) is -2.14. The monoisotopic (exact) mass is 408 g/mol. The van der Waals surface area contributed by atoms with Crippen molar-refractivity contribution in [3.8, 4) is 5.75 Å². The zero-order valence-corrected chi connectivity index (χ0v) is 17.0. The molecule has 0 aliphatic carbocycles. The van der Waals surface area contributed by atoms with Gasteiger partial charge in [-0.25, -0.2) is 17.5 Å². The number of halogens is 1. The number of sulfonamides is 1. The molecule has 0 fully saturated rings. The van der Waals surface area contributed by atoms with Crippen LogP contribution in [0.15, 0.2) is 47.4 Å². The first-order chi connectivity index (χ1) is 13.2. The Hall–Kier alpha value is -2.45. The average molecular weight is 408 g/mol. The Labute approximate surface area is 165 Å². The van der Waals surface area contributed by atoms with E-state index in [-0.39, 0.29) is 29.8 Å². The molecule has 8 heteroatoms. The van der Waals surface area contributed by atoms with Crippen LogP contribution in [0.1, 0.15) is 36.9 Å². The van der Waals surface area contributed by atoms with Crippen molar-refractivity contribution >= 4 is 15.9 Å². The molecule has 2 rings (SSSR count). The lowest BCUT2D eigenvalue weighted by Crippen LogP contribution is -2.29. The number of aryl methyl sites for hydroxylation is 1. The second kappa shape index (κ2) is 9.66. The van der Waals surface area contributed by atoms with Gasteiger partial charge in [0.05, 0.1) is 18.0 Å². The SMILES string of the molecule is COc1ccc(C)cc1[C@H](C)NC(=O)CCCNS(=O)(=O)c1ccc(F)cc1. The van der Waals surface area contributed by atoms with Crippen LogP contribution in [-0.2, 0) is 14.8 Å². The molecule has 0 saturated carbocycles. The number of ether oxygens (including phenoxy) is 1. The third-order valence-corrected chi connectivity index (χ3v) is 5.70. The summed E-state index contributed by atoms with van der Waals surface area (Å²) in [5.41, 5.74) is 1.94. The lowest BCUT2D eigenvalue weighted by Gasteiger charge is -2.18. The lowest BCUT2D eigenvalue weighted by atomic mass is 10.0. The summed E-state index contributed by atoms with van der Waals surface area (Å²) >= 11 is 0. The molecule has 152 valence electrons. The molecule has 0 aromatic heterocycles. The van der Waals surface area contributed by atoms with E-state index < -0.39 is 15.8 Å². The minimum absolute atomic E-state index is 0.0153. The second-order valence-electron chi connectivity index (χ2n) is 6.49. The Balaban J connectivity index is 1.83. The number of hydrogen-bond donors (Lipinski definition) is 2. The summed E-state index contributed by atoms with van der Waals surface area (Å²) in [5.74, 6) is 0.0116. The molecular weight excluding hydrogens is 383 g/mol. The molecule has 0 heterocycles. The lowest BCUT2D eigenvalue weighted by molar-refractivity contribution is -0.121. The molecule has 0 saturated heterocycles. The zero-order valence-electron chi connectivity index (χ0n) is 16.2. The van der Waals surface area contributed by atoms with Gasteiger partial charge in [-0.05, 0) is 50.6 Å². The third-order valence-electron chi connectivity index (χ3n) is 4.23. The number of hydrogen-bond acceptors (Lipinski definition) is 4. The van der Waals surface area contributed by atoms with Gasteiger partial charge in [0, 0.05) is 18.5 Å². The highest BCUT2D eigenvalue weighted by atomic mass is 32.2. The van der Waals surface area contributed by atoms with Gasteiger partial charge in [0.25, 0.3) is 0 Å². The Kier molecular flexibility index (Phi) is 7.53. The van der Waals surface area contributed by atoms with E-state index in [0.717, 1.165) is 23.3 Å². The van der Waals surface area contributed by atoms with Crippen molar-refractivity contribution in [3.05, 3.63) is 59.4 Å². The molecule has 0 aliphatic rings. The maximum atomic E-state index is 12.9. The van der Waals surface area contributed by atoms with Gasteiger partial charge < -0.3 is 10.1 Å². The van der Waals surface area contributed by atoms with Crippen LogP contribution in [0.2, 0.25) is 0 Å². The normalized spacial score (nSPS) is 12.4. The summed E-state index contributed by atoms with van der Waals surface area (Å²) in [4.78, 5) is 12.2. The van der Waals surface area contributed by atoms with Crippen molar-refractivity contribution < 1.29 is 22.3 Å². The van der Waals surface area contributed by atoms with Gasteiger partial charge in [0.1, 0.15) is 11.6 Å². The van der Waals surface area contributed by atoms with Crippen LogP contribution in [0.5, 0.6) is 5.75 Å². The third kappa shape index (κ3) is 6.03. The van der Waals surface area contributed by atoms with E-state index in [1.807, 2.05) is 32.0 Å². The molecular formula is C20H25FN2O4S. The van der Waals surface area contributed by atoms with E-state index >= 15 is 0 Å². The average Bonchev–Trinajstić information content (AvgIpc) is 2.65. The van der Waals surface area contributed by atoms with Crippen LogP contribution in [0, 0.1) is 12.7 Å². The standard InChI is InChI=1S/C20H25FN2O4S/c1-14-6-11-19(27-3)18(13-14)15(2)23-20(24)5-4-12-22-28(25,26)17-9-7-16(21)8-10-17/h6-11,13,15,22H,4-5,12H2,1-3H3,(H,23,24)/t15-/m0/s1. The van der Waals surface area contributed by atoms with Crippen LogP contribution < -0.4 is 14.8 Å². The molecule has 0 aliphatic heterocycles. The van der Waals surface area contributed by atoms with Crippen LogP contribution in [0.25, 0.3) is 0 Å². The summed E-state index contributed by atoms with van der Waals surface area (Å²) < 4.78 is 44.9. The first kappa shape index (κ1) is 21.8. The minimum Gasteiger partial charge on any atom is -0.496 e. The van der Waals surface area contributed by atoms with Crippen LogP contribution >= 0.6 is 0 Å². The molecule has 1 atom stereocenters. The van der Waals surface area contributed by atoms with Gasteiger partial charge in [-0.15, -0.1) is 0 Å². The molecule has 2 aromatic rings. The molecule has 0 radical (unpaired) electrons. The predicted octanol–water partition coefficient (Wildman–Crippen LogP) is 3.08. The molecule has 28 heavy (non-hydrogen) atoms. The molecule has 1 amide bonds. The topological polar surface area (TPSA) is 84.5 Å². The maximum Gasteiger partial charge on any atom is 0.240 e. The van der Waals surface area contributed by atoms with Gasteiger partial charge in [-0.2, -0.15) is 0 Å². The second-order valence-corrected chi connectivity index (χ2v) is 8.26. The van der Waals surface area contributed by atoms with E-state index in [9.17, 15) is 17.6 Å². The van der Waals surface area contributed by atoms with Gasteiger partial charge >= 0.3 is 0 Å². The van der Waals surface area contributed by atoms with Crippen LogP contribution in [-0.4, -0.2) is 28.0 Å². The van der Waals surface area contributed by atoms with Crippen LogP contribution in [0.4, 0.5) is 4.39 Å². The van der Waals surface area contributed by atoms with E-state index in [1.165, 1.54) is 12.1 Å². The van der Waals surface area contributed by atoms with Gasteiger partial charge in [-0.3, -0.25) is 4.79 Å². The fraction of sp³-hybridized carbons (Fsp3) is 0.350. The Morgan fingerprint density at radius 2 is 1.86 bits per heavy atom. The molecule has 2 N–H and O–H groups in total. The zero-order chi connectivity index (χ0) is 20.7. The fourth-order valence-corrected chi connectivity index (χ4v) is 3.81.